The molecular formula is C18H30N6O3S. The molecule has 3 heterocycles. The monoisotopic (exact) mass is 410 g/mol. The van der Waals surface area contributed by atoms with Crippen molar-refractivity contribution in [3.63, 3.8) is 0 Å². The van der Waals surface area contributed by atoms with Crippen molar-refractivity contribution >= 4 is 27.7 Å². The molecule has 2 aliphatic rings. The van der Waals surface area contributed by atoms with E-state index in [1.54, 1.807) is 4.90 Å². The Morgan fingerprint density at radius 1 is 1.04 bits per heavy atom. The molecule has 1 amide bonds. The van der Waals surface area contributed by atoms with E-state index in [9.17, 15) is 13.2 Å². The van der Waals surface area contributed by atoms with Crippen molar-refractivity contribution in [1.82, 2.24) is 19.2 Å². The highest BCUT2D eigenvalue weighted by atomic mass is 32.2. The van der Waals surface area contributed by atoms with E-state index in [-0.39, 0.29) is 12.5 Å². The van der Waals surface area contributed by atoms with Crippen LogP contribution >= 0.6 is 0 Å². The summed E-state index contributed by atoms with van der Waals surface area (Å²) >= 11 is 0. The largest absolute Gasteiger partial charge is 0.353 e. The maximum atomic E-state index is 12.4. The minimum Gasteiger partial charge on any atom is -0.353 e. The molecule has 2 saturated heterocycles. The Balaban J connectivity index is 1.61. The molecule has 0 saturated carbocycles. The van der Waals surface area contributed by atoms with E-state index in [1.807, 2.05) is 13.0 Å². The SMILES string of the molecule is Cc1cc(N2CCN(C(=O)CN(C)S(C)(=O)=O)CC2)nc(N2CCCCC2)n1. The van der Waals surface area contributed by atoms with Gasteiger partial charge in [-0.1, -0.05) is 0 Å². The summed E-state index contributed by atoms with van der Waals surface area (Å²) in [4.78, 5) is 27.9. The summed E-state index contributed by atoms with van der Waals surface area (Å²) in [7, 11) is -1.93. The quantitative estimate of drug-likeness (QED) is 0.690. The molecule has 2 fully saturated rings. The molecule has 0 unspecified atom stereocenters. The number of sulfonamides is 1. The molecule has 0 bridgehead atoms. The van der Waals surface area contributed by atoms with Gasteiger partial charge in [0.2, 0.25) is 21.9 Å². The van der Waals surface area contributed by atoms with E-state index in [2.05, 4.69) is 14.8 Å². The molecule has 0 N–H and O–H groups in total. The summed E-state index contributed by atoms with van der Waals surface area (Å²) in [5.74, 6) is 1.52. The third-order valence-corrected chi connectivity index (χ3v) is 6.61. The van der Waals surface area contributed by atoms with Gasteiger partial charge in [0.25, 0.3) is 0 Å². The number of aryl methyl sites for hydroxylation is 1. The van der Waals surface area contributed by atoms with Crippen molar-refractivity contribution in [1.29, 1.82) is 0 Å². The minimum atomic E-state index is -3.36. The number of hydrogen-bond acceptors (Lipinski definition) is 7. The molecule has 2 aliphatic heterocycles. The highest BCUT2D eigenvalue weighted by Gasteiger charge is 2.25. The summed E-state index contributed by atoms with van der Waals surface area (Å²) in [5.41, 5.74) is 0.943. The van der Waals surface area contributed by atoms with Gasteiger partial charge in [0.15, 0.2) is 0 Å². The van der Waals surface area contributed by atoms with E-state index >= 15 is 0 Å². The number of hydrogen-bond donors (Lipinski definition) is 0. The molecule has 3 rings (SSSR count). The molecular weight excluding hydrogens is 380 g/mol. The standard InChI is InChI=1S/C18H30N6O3S/c1-15-13-16(20-18(19-15)24-7-5-4-6-8-24)22-9-11-23(12-10-22)17(25)14-21(2)28(3,26)27/h13H,4-12,14H2,1-3H3. The van der Waals surface area contributed by atoms with Crippen LogP contribution in [0.1, 0.15) is 25.0 Å². The van der Waals surface area contributed by atoms with Crippen LogP contribution in [0.15, 0.2) is 6.07 Å². The lowest BCUT2D eigenvalue weighted by Crippen LogP contribution is -2.51. The van der Waals surface area contributed by atoms with Gasteiger partial charge in [-0.05, 0) is 26.2 Å². The first-order valence-electron chi connectivity index (χ1n) is 9.79. The summed E-state index contributed by atoms with van der Waals surface area (Å²) in [6.07, 6.45) is 4.72. The number of carbonyl (C=O) groups is 1. The van der Waals surface area contributed by atoms with Gasteiger partial charge in [-0.25, -0.2) is 13.4 Å². The van der Waals surface area contributed by atoms with Crippen LogP contribution in [0.25, 0.3) is 0 Å². The maximum absolute atomic E-state index is 12.4. The second-order valence-electron chi connectivity index (χ2n) is 7.60. The van der Waals surface area contributed by atoms with Gasteiger partial charge in [-0.3, -0.25) is 4.79 Å². The number of carbonyl (C=O) groups excluding carboxylic acids is 1. The fourth-order valence-electron chi connectivity index (χ4n) is 3.53. The zero-order chi connectivity index (χ0) is 20.3. The average molecular weight is 411 g/mol. The number of rotatable bonds is 5. The van der Waals surface area contributed by atoms with Crippen molar-refractivity contribution in [2.45, 2.75) is 26.2 Å². The van der Waals surface area contributed by atoms with Gasteiger partial charge in [-0.15, -0.1) is 0 Å². The third kappa shape index (κ3) is 5.11. The predicted octanol–water partition coefficient (Wildman–Crippen LogP) is 0.315. The maximum Gasteiger partial charge on any atom is 0.238 e. The molecule has 156 valence electrons. The smallest absolute Gasteiger partial charge is 0.238 e. The van der Waals surface area contributed by atoms with Crippen molar-refractivity contribution < 1.29 is 13.2 Å². The molecule has 9 nitrogen and oxygen atoms in total. The normalized spacial score (nSPS) is 18.6. The zero-order valence-electron chi connectivity index (χ0n) is 17.0. The van der Waals surface area contributed by atoms with Crippen molar-refractivity contribution in [2.24, 2.45) is 0 Å². The van der Waals surface area contributed by atoms with Crippen LogP contribution in [0, 0.1) is 6.92 Å². The minimum absolute atomic E-state index is 0.120. The van der Waals surface area contributed by atoms with Crippen LogP contribution in [0.4, 0.5) is 11.8 Å². The summed E-state index contributed by atoms with van der Waals surface area (Å²) < 4.78 is 24.1. The Hall–Kier alpha value is -1.94. The van der Waals surface area contributed by atoms with E-state index in [0.717, 1.165) is 41.1 Å². The number of piperidine rings is 1. The lowest BCUT2D eigenvalue weighted by molar-refractivity contribution is -0.131. The number of aromatic nitrogens is 2. The topological polar surface area (TPSA) is 89.9 Å². The van der Waals surface area contributed by atoms with E-state index in [4.69, 9.17) is 4.98 Å². The third-order valence-electron chi connectivity index (χ3n) is 5.35. The molecule has 0 aromatic carbocycles. The fraction of sp³-hybridized carbons (Fsp3) is 0.722. The van der Waals surface area contributed by atoms with Gasteiger partial charge in [0.1, 0.15) is 5.82 Å². The molecule has 0 radical (unpaired) electrons. The summed E-state index contributed by atoms with van der Waals surface area (Å²) in [6, 6.07) is 1.99. The number of amides is 1. The molecule has 0 aliphatic carbocycles. The van der Waals surface area contributed by atoms with Crippen LogP contribution in [0.5, 0.6) is 0 Å². The first-order chi connectivity index (χ1) is 13.2. The Morgan fingerprint density at radius 3 is 2.29 bits per heavy atom. The molecule has 10 heteroatoms. The Morgan fingerprint density at radius 2 is 1.68 bits per heavy atom. The second kappa shape index (κ2) is 8.60. The Kier molecular flexibility index (Phi) is 6.39. The van der Waals surface area contributed by atoms with Gasteiger partial charge in [-0.2, -0.15) is 9.29 Å². The average Bonchev–Trinajstić information content (AvgIpc) is 2.67. The lowest BCUT2D eigenvalue weighted by atomic mass is 10.1. The van der Waals surface area contributed by atoms with E-state index < -0.39 is 10.0 Å². The lowest BCUT2D eigenvalue weighted by Gasteiger charge is -2.36. The van der Waals surface area contributed by atoms with Crippen molar-refractivity contribution in [2.75, 3.05) is 68.9 Å². The van der Waals surface area contributed by atoms with Gasteiger partial charge < -0.3 is 14.7 Å². The fourth-order valence-corrected chi connectivity index (χ4v) is 3.87. The zero-order valence-corrected chi connectivity index (χ0v) is 17.8. The highest BCUT2D eigenvalue weighted by molar-refractivity contribution is 7.88. The van der Waals surface area contributed by atoms with E-state index in [1.165, 1.54) is 26.3 Å². The highest BCUT2D eigenvalue weighted by Crippen LogP contribution is 2.21. The van der Waals surface area contributed by atoms with Gasteiger partial charge >= 0.3 is 0 Å². The van der Waals surface area contributed by atoms with Gasteiger partial charge in [0.05, 0.1) is 12.8 Å². The number of piperazine rings is 1. The van der Waals surface area contributed by atoms with Crippen molar-refractivity contribution in [3.8, 4) is 0 Å². The first-order valence-corrected chi connectivity index (χ1v) is 11.6. The second-order valence-corrected chi connectivity index (χ2v) is 9.69. The van der Waals surface area contributed by atoms with Crippen molar-refractivity contribution in [3.05, 3.63) is 11.8 Å². The van der Waals surface area contributed by atoms with Crippen LogP contribution < -0.4 is 9.80 Å². The van der Waals surface area contributed by atoms with Gasteiger partial charge in [0, 0.05) is 58.1 Å². The number of likely N-dealkylation sites (N-methyl/N-ethyl adjacent to an activating group) is 1. The first kappa shape index (κ1) is 20.8. The Bertz CT molecular complexity index is 802. The molecule has 0 atom stereocenters. The van der Waals surface area contributed by atoms with Crippen LogP contribution in [0.2, 0.25) is 0 Å². The number of nitrogens with zero attached hydrogens (tertiary/aromatic N) is 6. The van der Waals surface area contributed by atoms with E-state index in [0.29, 0.717) is 26.2 Å². The van der Waals surface area contributed by atoms with Crippen LogP contribution in [0.3, 0.4) is 0 Å². The summed E-state index contributed by atoms with van der Waals surface area (Å²) in [5, 5.41) is 0. The Labute approximate surface area is 167 Å². The molecule has 1 aromatic heterocycles. The molecule has 0 spiro atoms. The summed E-state index contributed by atoms with van der Waals surface area (Å²) in [6.45, 7) is 6.31. The number of anilines is 2. The molecule has 28 heavy (non-hydrogen) atoms. The van der Waals surface area contributed by atoms with Crippen LogP contribution in [-0.4, -0.2) is 92.6 Å². The molecule has 1 aromatic rings. The van der Waals surface area contributed by atoms with Crippen LogP contribution in [-0.2, 0) is 14.8 Å². The predicted molar refractivity (Wildman–Crippen MR) is 109 cm³/mol.